The maximum absolute atomic E-state index is 13.5. The molecule has 1 atom stereocenters. The minimum atomic E-state index is -0.840. The first-order valence-corrected chi connectivity index (χ1v) is 7.34. The number of carbonyl (C=O) groups is 1. The van der Waals surface area contributed by atoms with Crippen LogP contribution in [0.5, 0.6) is 0 Å². The average molecular weight is 339 g/mol. The third-order valence-electron chi connectivity index (χ3n) is 2.22. The van der Waals surface area contributed by atoms with E-state index in [4.69, 9.17) is 5.73 Å². The van der Waals surface area contributed by atoms with E-state index < -0.39 is 29.3 Å². The Morgan fingerprint density at radius 3 is 2.56 bits per heavy atom. The van der Waals surface area contributed by atoms with Crippen molar-refractivity contribution in [3.63, 3.8) is 0 Å². The molecule has 1 amide bonds. The largest absolute Gasteiger partial charge is 0.320 e. The molecule has 1 aromatic carbocycles. The molecule has 0 heterocycles. The predicted octanol–water partition coefficient (Wildman–Crippen LogP) is 2.75. The van der Waals surface area contributed by atoms with Crippen molar-refractivity contribution in [2.75, 3.05) is 17.3 Å². The van der Waals surface area contributed by atoms with Gasteiger partial charge in [0, 0.05) is 4.47 Å². The zero-order valence-electron chi connectivity index (χ0n) is 9.67. The molecular weight excluding hydrogens is 326 g/mol. The molecule has 100 valence electrons. The van der Waals surface area contributed by atoms with Crippen molar-refractivity contribution in [2.45, 2.75) is 12.5 Å². The van der Waals surface area contributed by atoms with Crippen LogP contribution in [0.4, 0.5) is 14.5 Å². The number of hydrogen-bond donors (Lipinski definition) is 2. The first kappa shape index (κ1) is 15.4. The van der Waals surface area contributed by atoms with Crippen LogP contribution >= 0.6 is 27.7 Å². The SMILES string of the molecule is CSCC[C@@H](N)C(=O)Nc1c(F)cc(Br)cc1F. The third-order valence-corrected chi connectivity index (χ3v) is 3.33. The summed E-state index contributed by atoms with van der Waals surface area (Å²) in [5.74, 6) is -1.57. The van der Waals surface area contributed by atoms with Gasteiger partial charge in [0.1, 0.15) is 5.69 Å². The minimum Gasteiger partial charge on any atom is -0.320 e. The maximum Gasteiger partial charge on any atom is 0.241 e. The van der Waals surface area contributed by atoms with Gasteiger partial charge in [-0.25, -0.2) is 8.78 Å². The topological polar surface area (TPSA) is 55.1 Å². The smallest absolute Gasteiger partial charge is 0.241 e. The van der Waals surface area contributed by atoms with Crippen LogP contribution in [0.2, 0.25) is 0 Å². The molecule has 1 aromatic rings. The average Bonchev–Trinajstić information content (AvgIpc) is 2.30. The van der Waals surface area contributed by atoms with Crippen molar-refractivity contribution >= 4 is 39.3 Å². The highest BCUT2D eigenvalue weighted by Crippen LogP contribution is 2.23. The van der Waals surface area contributed by atoms with Gasteiger partial charge in [-0.05, 0) is 30.6 Å². The number of amides is 1. The van der Waals surface area contributed by atoms with E-state index in [2.05, 4.69) is 21.2 Å². The first-order valence-electron chi connectivity index (χ1n) is 5.15. The molecule has 3 N–H and O–H groups in total. The first-order chi connectivity index (χ1) is 8.45. The zero-order chi connectivity index (χ0) is 13.7. The summed E-state index contributed by atoms with van der Waals surface area (Å²) in [6, 6.07) is 1.37. The van der Waals surface area contributed by atoms with E-state index in [0.717, 1.165) is 12.1 Å². The Kier molecular flexibility index (Phi) is 6.04. The molecule has 1 rings (SSSR count). The molecule has 7 heteroatoms. The summed E-state index contributed by atoms with van der Waals surface area (Å²) < 4.78 is 27.2. The molecule has 18 heavy (non-hydrogen) atoms. The van der Waals surface area contributed by atoms with Crippen LogP contribution in [0.3, 0.4) is 0 Å². The van der Waals surface area contributed by atoms with E-state index in [1.807, 2.05) is 6.26 Å². The second-order valence-corrected chi connectivity index (χ2v) is 5.52. The van der Waals surface area contributed by atoms with Crippen LogP contribution in [0.25, 0.3) is 0 Å². The van der Waals surface area contributed by atoms with Crippen molar-refractivity contribution in [1.29, 1.82) is 0 Å². The number of rotatable bonds is 5. The molecular formula is C11H13BrF2N2OS. The van der Waals surface area contributed by atoms with Crippen LogP contribution in [0, 0.1) is 11.6 Å². The van der Waals surface area contributed by atoms with Crippen LogP contribution in [0.15, 0.2) is 16.6 Å². The molecule has 0 aliphatic carbocycles. The lowest BCUT2D eigenvalue weighted by molar-refractivity contribution is -0.117. The third kappa shape index (κ3) is 4.22. The Labute approximate surface area is 117 Å². The summed E-state index contributed by atoms with van der Waals surface area (Å²) in [5.41, 5.74) is 5.13. The van der Waals surface area contributed by atoms with Crippen molar-refractivity contribution in [2.24, 2.45) is 5.73 Å². The van der Waals surface area contributed by atoms with E-state index >= 15 is 0 Å². The highest BCUT2D eigenvalue weighted by Gasteiger charge is 2.18. The molecule has 0 aromatic heterocycles. The lowest BCUT2D eigenvalue weighted by Crippen LogP contribution is -2.36. The fraction of sp³-hybridized carbons (Fsp3) is 0.364. The van der Waals surface area contributed by atoms with Crippen LogP contribution in [0.1, 0.15) is 6.42 Å². The quantitative estimate of drug-likeness (QED) is 0.867. The molecule has 3 nitrogen and oxygen atoms in total. The van der Waals surface area contributed by atoms with Crippen molar-refractivity contribution in [3.05, 3.63) is 28.2 Å². The summed E-state index contributed by atoms with van der Waals surface area (Å²) >= 11 is 4.50. The molecule has 0 spiro atoms. The highest BCUT2D eigenvalue weighted by atomic mass is 79.9. The number of nitrogens with one attached hydrogen (secondary N) is 1. The Morgan fingerprint density at radius 2 is 2.06 bits per heavy atom. The highest BCUT2D eigenvalue weighted by molar-refractivity contribution is 9.10. The van der Waals surface area contributed by atoms with E-state index in [1.165, 1.54) is 0 Å². The van der Waals surface area contributed by atoms with E-state index in [-0.39, 0.29) is 4.47 Å². The molecule has 0 saturated carbocycles. The maximum atomic E-state index is 13.5. The van der Waals surface area contributed by atoms with Crippen LogP contribution < -0.4 is 11.1 Å². The summed E-state index contributed by atoms with van der Waals surface area (Å²) in [6.45, 7) is 0. The molecule has 0 bridgehead atoms. The Balaban J connectivity index is 2.76. The second kappa shape index (κ2) is 7.06. The van der Waals surface area contributed by atoms with Crippen LogP contribution in [-0.2, 0) is 4.79 Å². The number of anilines is 1. The number of nitrogens with two attached hydrogens (primary N) is 1. The van der Waals surface area contributed by atoms with E-state index in [0.29, 0.717) is 12.2 Å². The number of hydrogen-bond acceptors (Lipinski definition) is 3. The number of carbonyl (C=O) groups excluding carboxylic acids is 1. The van der Waals surface area contributed by atoms with Gasteiger partial charge in [0.2, 0.25) is 5.91 Å². The van der Waals surface area contributed by atoms with E-state index in [9.17, 15) is 13.6 Å². The summed E-state index contributed by atoms with van der Waals surface area (Å²) in [7, 11) is 0. The fourth-order valence-corrected chi connectivity index (χ4v) is 2.15. The minimum absolute atomic E-state index is 0.266. The van der Waals surface area contributed by atoms with Gasteiger partial charge in [0.15, 0.2) is 11.6 Å². The van der Waals surface area contributed by atoms with Gasteiger partial charge >= 0.3 is 0 Å². The van der Waals surface area contributed by atoms with Gasteiger partial charge in [-0.1, -0.05) is 15.9 Å². The van der Waals surface area contributed by atoms with Crippen LogP contribution in [-0.4, -0.2) is 24.0 Å². The molecule has 0 fully saturated rings. The summed E-state index contributed by atoms with van der Waals surface area (Å²) in [5, 5.41) is 2.17. The van der Waals surface area contributed by atoms with Gasteiger partial charge in [0.05, 0.1) is 6.04 Å². The normalized spacial score (nSPS) is 12.3. The monoisotopic (exact) mass is 338 g/mol. The van der Waals surface area contributed by atoms with Crippen molar-refractivity contribution in [3.8, 4) is 0 Å². The molecule has 0 saturated heterocycles. The van der Waals surface area contributed by atoms with Gasteiger partial charge < -0.3 is 11.1 Å². The molecule has 0 aliphatic rings. The number of thioether (sulfide) groups is 1. The lowest BCUT2D eigenvalue weighted by atomic mass is 10.2. The number of halogens is 3. The zero-order valence-corrected chi connectivity index (χ0v) is 12.1. The fourth-order valence-electron chi connectivity index (χ4n) is 1.25. The number of benzene rings is 1. The Morgan fingerprint density at radius 1 is 1.50 bits per heavy atom. The lowest BCUT2D eigenvalue weighted by Gasteiger charge is -2.13. The van der Waals surface area contributed by atoms with Gasteiger partial charge in [0.25, 0.3) is 0 Å². The molecule has 0 radical (unpaired) electrons. The Hall–Kier alpha value is -0.660. The molecule has 0 aliphatic heterocycles. The standard InChI is InChI=1S/C11H13BrF2N2OS/c1-18-3-2-9(15)11(17)16-10-7(13)4-6(12)5-8(10)14/h4-5,9H,2-3,15H2,1H3,(H,16,17)/t9-/m1/s1. The predicted molar refractivity (Wildman–Crippen MR) is 73.7 cm³/mol. The second-order valence-electron chi connectivity index (χ2n) is 3.62. The Bertz CT molecular complexity index is 422. The summed E-state index contributed by atoms with van der Waals surface area (Å²) in [4.78, 5) is 11.6. The van der Waals surface area contributed by atoms with Gasteiger partial charge in [-0.2, -0.15) is 11.8 Å². The van der Waals surface area contributed by atoms with Gasteiger partial charge in [-0.3, -0.25) is 4.79 Å². The summed E-state index contributed by atoms with van der Waals surface area (Å²) in [6.07, 6.45) is 2.34. The van der Waals surface area contributed by atoms with Crippen molar-refractivity contribution in [1.82, 2.24) is 0 Å². The van der Waals surface area contributed by atoms with E-state index in [1.54, 1.807) is 11.8 Å². The molecule has 0 unspecified atom stereocenters. The van der Waals surface area contributed by atoms with Gasteiger partial charge in [-0.15, -0.1) is 0 Å². The van der Waals surface area contributed by atoms with Crippen molar-refractivity contribution < 1.29 is 13.6 Å².